The van der Waals surface area contributed by atoms with E-state index in [4.69, 9.17) is 0 Å². The highest BCUT2D eigenvalue weighted by molar-refractivity contribution is 6.21. The van der Waals surface area contributed by atoms with Gasteiger partial charge in [-0.2, -0.15) is 0 Å². The fourth-order valence-electron chi connectivity index (χ4n) is 4.15. The molecule has 0 saturated heterocycles. The highest BCUT2D eigenvalue weighted by Gasteiger charge is 2.20. The zero-order valence-corrected chi connectivity index (χ0v) is 16.7. The Morgan fingerprint density at radius 3 is 2.39 bits per heavy atom. The molecular weight excluding hydrogens is 342 g/mol. The summed E-state index contributed by atoms with van der Waals surface area (Å²) in [5, 5.41) is 3.16. The van der Waals surface area contributed by atoms with Crippen LogP contribution in [0.1, 0.15) is 61.5 Å². The first kappa shape index (κ1) is 18.5. The Bertz CT molecular complexity index is 1120. The van der Waals surface area contributed by atoms with E-state index in [9.17, 15) is 4.79 Å². The first-order chi connectivity index (χ1) is 13.7. The molecule has 0 aliphatic heterocycles. The van der Waals surface area contributed by atoms with Gasteiger partial charge in [0, 0.05) is 34.3 Å². The lowest BCUT2D eigenvalue weighted by Crippen LogP contribution is -2.05. The van der Waals surface area contributed by atoms with Crippen molar-refractivity contribution >= 4 is 27.5 Å². The van der Waals surface area contributed by atoms with Gasteiger partial charge in [0.15, 0.2) is 5.78 Å². The zero-order valence-electron chi connectivity index (χ0n) is 16.7. The minimum Gasteiger partial charge on any atom is -0.344 e. The Kier molecular flexibility index (Phi) is 5.29. The second kappa shape index (κ2) is 8.02. The number of carbonyl (C=O) groups is 1. The highest BCUT2D eigenvalue weighted by Crippen LogP contribution is 2.30. The number of aromatic nitrogens is 1. The van der Waals surface area contributed by atoms with E-state index in [0.717, 1.165) is 39.2 Å². The number of unbranched alkanes of at least 4 members (excludes halogenated alkanes) is 2. The van der Waals surface area contributed by atoms with E-state index in [-0.39, 0.29) is 5.78 Å². The van der Waals surface area contributed by atoms with E-state index in [0.29, 0.717) is 6.04 Å². The van der Waals surface area contributed by atoms with Gasteiger partial charge in [0.2, 0.25) is 0 Å². The minimum atomic E-state index is 0.104. The number of hydrogen-bond acceptors (Lipinski definition) is 1. The lowest BCUT2D eigenvalue weighted by atomic mass is 9.97. The summed E-state index contributed by atoms with van der Waals surface area (Å²) in [6.45, 7) is 4.49. The van der Waals surface area contributed by atoms with Crippen LogP contribution in [0, 0.1) is 0 Å². The van der Waals surface area contributed by atoms with Crippen molar-refractivity contribution < 1.29 is 4.79 Å². The van der Waals surface area contributed by atoms with Crippen LogP contribution >= 0.6 is 0 Å². The second-order valence-corrected chi connectivity index (χ2v) is 7.67. The third-order valence-electron chi connectivity index (χ3n) is 5.72. The Labute approximate surface area is 166 Å². The fourth-order valence-corrected chi connectivity index (χ4v) is 4.15. The molecule has 2 heteroatoms. The molecular formula is C26H27NO. The molecule has 1 heterocycles. The van der Waals surface area contributed by atoms with E-state index >= 15 is 0 Å². The fraction of sp³-hybridized carbons (Fsp3) is 0.269. The molecule has 1 unspecified atom stereocenters. The molecule has 0 bridgehead atoms. The SMILES string of the molecule is CCCCCC(C)n1cc(C(=O)c2cccc3ccccc23)c2ccccc21. The van der Waals surface area contributed by atoms with Gasteiger partial charge in [0.1, 0.15) is 0 Å². The summed E-state index contributed by atoms with van der Waals surface area (Å²) >= 11 is 0. The molecule has 0 radical (unpaired) electrons. The van der Waals surface area contributed by atoms with Crippen molar-refractivity contribution in [3.8, 4) is 0 Å². The van der Waals surface area contributed by atoms with Gasteiger partial charge >= 0.3 is 0 Å². The molecule has 1 aromatic heterocycles. The van der Waals surface area contributed by atoms with Crippen LogP contribution in [0.5, 0.6) is 0 Å². The summed E-state index contributed by atoms with van der Waals surface area (Å²) < 4.78 is 2.29. The predicted molar refractivity (Wildman–Crippen MR) is 118 cm³/mol. The summed E-state index contributed by atoms with van der Waals surface area (Å²) in [7, 11) is 0. The number of fused-ring (bicyclic) bond motifs is 2. The molecule has 0 fully saturated rings. The van der Waals surface area contributed by atoms with Gasteiger partial charge in [-0.25, -0.2) is 0 Å². The van der Waals surface area contributed by atoms with E-state index in [1.54, 1.807) is 0 Å². The lowest BCUT2D eigenvalue weighted by molar-refractivity contribution is 0.104. The Balaban J connectivity index is 1.79. The summed E-state index contributed by atoms with van der Waals surface area (Å²) in [5.41, 5.74) is 2.73. The summed E-state index contributed by atoms with van der Waals surface area (Å²) in [5.74, 6) is 0.104. The molecule has 0 saturated carbocycles. The molecule has 0 aliphatic rings. The molecule has 0 aliphatic carbocycles. The molecule has 0 amide bonds. The predicted octanol–water partition coefficient (Wildman–Crippen LogP) is 7.17. The van der Waals surface area contributed by atoms with Gasteiger partial charge in [-0.05, 0) is 30.2 Å². The number of nitrogens with zero attached hydrogens (tertiary/aromatic N) is 1. The van der Waals surface area contributed by atoms with E-state index < -0.39 is 0 Å². The standard InChI is InChI=1S/C26H27NO/c1-3-4-5-11-19(2)27-18-24(22-15-8-9-17-25(22)27)26(28)23-16-10-13-20-12-6-7-14-21(20)23/h6-10,12-19H,3-5,11H2,1-2H3. The molecule has 0 spiro atoms. The van der Waals surface area contributed by atoms with Gasteiger partial charge < -0.3 is 4.57 Å². The van der Waals surface area contributed by atoms with Gasteiger partial charge in [0.25, 0.3) is 0 Å². The third-order valence-corrected chi connectivity index (χ3v) is 5.72. The van der Waals surface area contributed by atoms with Crippen molar-refractivity contribution in [2.45, 2.75) is 45.6 Å². The normalized spacial score (nSPS) is 12.5. The van der Waals surface area contributed by atoms with Crippen molar-refractivity contribution in [2.75, 3.05) is 0 Å². The average molecular weight is 370 g/mol. The van der Waals surface area contributed by atoms with Crippen LogP contribution in [0.15, 0.2) is 72.9 Å². The number of hydrogen-bond donors (Lipinski definition) is 0. The zero-order chi connectivity index (χ0) is 19.5. The van der Waals surface area contributed by atoms with Crippen LogP contribution in [-0.2, 0) is 0 Å². The molecule has 1 atom stereocenters. The monoisotopic (exact) mass is 369 g/mol. The molecule has 2 nitrogen and oxygen atoms in total. The smallest absolute Gasteiger partial charge is 0.195 e. The maximum atomic E-state index is 13.6. The summed E-state index contributed by atoms with van der Waals surface area (Å²) in [6, 6.07) is 22.8. The Morgan fingerprint density at radius 1 is 0.857 bits per heavy atom. The summed E-state index contributed by atoms with van der Waals surface area (Å²) in [6.07, 6.45) is 6.91. The molecule has 4 aromatic rings. The van der Waals surface area contributed by atoms with E-state index in [1.165, 1.54) is 19.3 Å². The van der Waals surface area contributed by atoms with Crippen molar-refractivity contribution in [3.63, 3.8) is 0 Å². The van der Waals surface area contributed by atoms with Crippen molar-refractivity contribution in [1.82, 2.24) is 4.57 Å². The second-order valence-electron chi connectivity index (χ2n) is 7.67. The maximum Gasteiger partial charge on any atom is 0.195 e. The number of rotatable bonds is 7. The van der Waals surface area contributed by atoms with Crippen LogP contribution in [0.4, 0.5) is 0 Å². The number of ketones is 1. The first-order valence-corrected chi connectivity index (χ1v) is 10.3. The van der Waals surface area contributed by atoms with Gasteiger partial charge in [-0.15, -0.1) is 0 Å². The van der Waals surface area contributed by atoms with Crippen LogP contribution in [0.25, 0.3) is 21.7 Å². The number of para-hydroxylation sites is 1. The molecule has 3 aromatic carbocycles. The van der Waals surface area contributed by atoms with E-state index in [2.05, 4.69) is 54.9 Å². The Morgan fingerprint density at radius 2 is 1.57 bits per heavy atom. The van der Waals surface area contributed by atoms with Gasteiger partial charge in [-0.3, -0.25) is 4.79 Å². The first-order valence-electron chi connectivity index (χ1n) is 10.3. The maximum absolute atomic E-state index is 13.6. The largest absolute Gasteiger partial charge is 0.344 e. The Hall–Kier alpha value is -2.87. The van der Waals surface area contributed by atoms with Gasteiger partial charge in [0.05, 0.1) is 0 Å². The van der Waals surface area contributed by atoms with Crippen LogP contribution in [0.2, 0.25) is 0 Å². The molecule has 0 N–H and O–H groups in total. The third kappa shape index (κ3) is 3.35. The topological polar surface area (TPSA) is 22.0 Å². The quantitative estimate of drug-likeness (QED) is 0.250. The lowest BCUT2D eigenvalue weighted by Gasteiger charge is -2.15. The average Bonchev–Trinajstić information content (AvgIpc) is 3.13. The van der Waals surface area contributed by atoms with Crippen molar-refractivity contribution in [1.29, 1.82) is 0 Å². The molecule has 142 valence electrons. The van der Waals surface area contributed by atoms with E-state index in [1.807, 2.05) is 36.4 Å². The van der Waals surface area contributed by atoms with Gasteiger partial charge in [-0.1, -0.05) is 86.8 Å². The van der Waals surface area contributed by atoms with Crippen molar-refractivity contribution in [3.05, 3.63) is 84.1 Å². The molecule has 28 heavy (non-hydrogen) atoms. The number of carbonyl (C=O) groups excluding carboxylic acids is 1. The van der Waals surface area contributed by atoms with Crippen LogP contribution in [0.3, 0.4) is 0 Å². The van der Waals surface area contributed by atoms with Crippen molar-refractivity contribution in [2.24, 2.45) is 0 Å². The summed E-state index contributed by atoms with van der Waals surface area (Å²) in [4.78, 5) is 13.6. The number of benzene rings is 3. The van der Waals surface area contributed by atoms with Crippen LogP contribution in [-0.4, -0.2) is 10.4 Å². The highest BCUT2D eigenvalue weighted by atomic mass is 16.1. The molecule has 4 rings (SSSR count). The van der Waals surface area contributed by atoms with Crippen LogP contribution < -0.4 is 0 Å². The minimum absolute atomic E-state index is 0.104.